The molecule has 1 fully saturated rings. The summed E-state index contributed by atoms with van der Waals surface area (Å²) in [6, 6.07) is 5.41. The average Bonchev–Trinajstić information content (AvgIpc) is 2.78. The predicted octanol–water partition coefficient (Wildman–Crippen LogP) is 2.66. The largest absolute Gasteiger partial charge is 0.496 e. The minimum atomic E-state index is -0.264. The Hall–Kier alpha value is -2.24. The van der Waals surface area contributed by atoms with Crippen LogP contribution in [0.25, 0.3) is 0 Å². The van der Waals surface area contributed by atoms with Gasteiger partial charge in [0, 0.05) is 37.3 Å². The summed E-state index contributed by atoms with van der Waals surface area (Å²) in [6.07, 6.45) is 0.776. The van der Waals surface area contributed by atoms with Gasteiger partial charge in [-0.2, -0.15) is 0 Å². The summed E-state index contributed by atoms with van der Waals surface area (Å²) in [7, 11) is 1.62. The van der Waals surface area contributed by atoms with Crippen molar-refractivity contribution in [1.29, 1.82) is 0 Å². The molecule has 6 nitrogen and oxygen atoms in total. The van der Waals surface area contributed by atoms with Gasteiger partial charge in [0.25, 0.3) is 5.91 Å². The molecule has 1 saturated heterocycles. The van der Waals surface area contributed by atoms with Crippen LogP contribution in [0.2, 0.25) is 0 Å². The summed E-state index contributed by atoms with van der Waals surface area (Å²) in [5.74, 6) is 0.779. The van der Waals surface area contributed by atoms with Crippen LogP contribution in [0.15, 0.2) is 18.2 Å². The van der Waals surface area contributed by atoms with Crippen LogP contribution in [0.5, 0.6) is 5.75 Å². The minimum Gasteiger partial charge on any atom is -0.496 e. The third-order valence-electron chi connectivity index (χ3n) is 4.19. The smallest absolute Gasteiger partial charge is 0.317 e. The van der Waals surface area contributed by atoms with Gasteiger partial charge in [0.1, 0.15) is 5.75 Å². The molecule has 1 heterocycles. The van der Waals surface area contributed by atoms with E-state index < -0.39 is 0 Å². The zero-order valence-corrected chi connectivity index (χ0v) is 15.9. The highest BCUT2D eigenvalue weighted by Gasteiger charge is 2.25. The van der Waals surface area contributed by atoms with Crippen LogP contribution in [-0.2, 0) is 0 Å². The number of carbonyl (C=O) groups excluding carboxylic acids is 2. The van der Waals surface area contributed by atoms with E-state index in [2.05, 4.69) is 5.32 Å². The van der Waals surface area contributed by atoms with Crippen molar-refractivity contribution >= 4 is 11.9 Å². The lowest BCUT2D eigenvalue weighted by Gasteiger charge is -2.27. The number of urea groups is 1. The highest BCUT2D eigenvalue weighted by Crippen LogP contribution is 2.20. The number of nitrogens with zero attached hydrogens (tertiary/aromatic N) is 2. The Morgan fingerprint density at radius 2 is 1.72 bits per heavy atom. The highest BCUT2D eigenvalue weighted by atomic mass is 16.5. The van der Waals surface area contributed by atoms with E-state index in [4.69, 9.17) is 4.74 Å². The van der Waals surface area contributed by atoms with Crippen LogP contribution in [0.3, 0.4) is 0 Å². The van der Waals surface area contributed by atoms with Gasteiger partial charge >= 0.3 is 6.03 Å². The van der Waals surface area contributed by atoms with E-state index in [0.717, 1.165) is 17.7 Å². The van der Waals surface area contributed by atoms with E-state index in [1.807, 2.05) is 44.7 Å². The molecule has 0 radical (unpaired) electrons. The van der Waals surface area contributed by atoms with E-state index in [1.54, 1.807) is 18.1 Å². The van der Waals surface area contributed by atoms with Gasteiger partial charge in [-0.1, -0.05) is 0 Å². The first-order valence-electron chi connectivity index (χ1n) is 8.72. The van der Waals surface area contributed by atoms with E-state index in [-0.39, 0.29) is 17.5 Å². The number of carbonyl (C=O) groups is 2. The first-order chi connectivity index (χ1) is 11.7. The molecule has 1 aliphatic rings. The Morgan fingerprint density at radius 3 is 2.32 bits per heavy atom. The second kappa shape index (κ2) is 7.76. The summed E-state index contributed by atoms with van der Waals surface area (Å²) in [4.78, 5) is 28.7. The van der Waals surface area contributed by atoms with Crippen molar-refractivity contribution in [2.24, 2.45) is 0 Å². The predicted molar refractivity (Wildman–Crippen MR) is 98.1 cm³/mol. The van der Waals surface area contributed by atoms with Gasteiger partial charge in [0.2, 0.25) is 0 Å². The quantitative estimate of drug-likeness (QED) is 0.895. The van der Waals surface area contributed by atoms with Crippen molar-refractivity contribution in [1.82, 2.24) is 15.1 Å². The lowest BCUT2D eigenvalue weighted by atomic mass is 10.1. The lowest BCUT2D eigenvalue weighted by molar-refractivity contribution is 0.0762. The molecule has 0 atom stereocenters. The number of hydrogen-bond donors (Lipinski definition) is 1. The van der Waals surface area contributed by atoms with Gasteiger partial charge in [-0.3, -0.25) is 4.79 Å². The van der Waals surface area contributed by atoms with Crippen LogP contribution >= 0.6 is 0 Å². The van der Waals surface area contributed by atoms with Crippen molar-refractivity contribution in [3.63, 3.8) is 0 Å². The number of ether oxygens (including phenoxy) is 1. The Morgan fingerprint density at radius 1 is 1.08 bits per heavy atom. The number of nitrogens with one attached hydrogen (secondary N) is 1. The molecule has 0 saturated carbocycles. The molecule has 1 N–H and O–H groups in total. The Labute approximate surface area is 150 Å². The van der Waals surface area contributed by atoms with E-state index >= 15 is 0 Å². The molecule has 1 aliphatic heterocycles. The monoisotopic (exact) mass is 347 g/mol. The molecule has 0 aliphatic carbocycles. The maximum atomic E-state index is 12.8. The molecule has 25 heavy (non-hydrogen) atoms. The van der Waals surface area contributed by atoms with Crippen molar-refractivity contribution < 1.29 is 14.3 Å². The summed E-state index contributed by atoms with van der Waals surface area (Å²) >= 11 is 0. The van der Waals surface area contributed by atoms with Gasteiger partial charge in [-0.25, -0.2) is 4.79 Å². The fourth-order valence-electron chi connectivity index (χ4n) is 2.92. The number of rotatable bonds is 2. The van der Waals surface area contributed by atoms with Crippen LogP contribution in [0.4, 0.5) is 4.79 Å². The van der Waals surface area contributed by atoms with Crippen molar-refractivity contribution in [3.05, 3.63) is 29.3 Å². The SMILES string of the molecule is COc1ccc(C(=O)N2CCCN(C(=O)NC(C)(C)C)CC2)cc1C. The van der Waals surface area contributed by atoms with Gasteiger partial charge in [-0.05, 0) is 57.9 Å². The first kappa shape index (κ1) is 19.1. The van der Waals surface area contributed by atoms with Crippen LogP contribution < -0.4 is 10.1 Å². The van der Waals surface area contributed by atoms with Gasteiger partial charge in [0.15, 0.2) is 0 Å². The molecular formula is C19H29N3O3. The first-order valence-corrected chi connectivity index (χ1v) is 8.72. The zero-order valence-electron chi connectivity index (χ0n) is 15.9. The molecule has 1 aromatic rings. The van der Waals surface area contributed by atoms with E-state index in [0.29, 0.717) is 31.7 Å². The molecule has 3 amide bonds. The molecule has 0 spiro atoms. The fourth-order valence-corrected chi connectivity index (χ4v) is 2.92. The highest BCUT2D eigenvalue weighted by molar-refractivity contribution is 5.94. The molecule has 0 unspecified atom stereocenters. The zero-order chi connectivity index (χ0) is 18.6. The summed E-state index contributed by atoms with van der Waals surface area (Å²) in [5.41, 5.74) is 1.33. The maximum absolute atomic E-state index is 12.8. The third kappa shape index (κ3) is 5.11. The second-order valence-corrected chi connectivity index (χ2v) is 7.50. The third-order valence-corrected chi connectivity index (χ3v) is 4.19. The Bertz CT molecular complexity index is 637. The number of benzene rings is 1. The molecule has 0 bridgehead atoms. The van der Waals surface area contributed by atoms with E-state index in [1.165, 1.54) is 0 Å². The van der Waals surface area contributed by atoms with Gasteiger partial charge < -0.3 is 19.9 Å². The number of hydrogen-bond acceptors (Lipinski definition) is 3. The standard InChI is InChI=1S/C19H29N3O3/c1-14-13-15(7-8-16(14)25-5)17(23)21-9-6-10-22(12-11-21)18(24)20-19(2,3)4/h7-8,13H,6,9-12H2,1-5H3,(H,20,24). The maximum Gasteiger partial charge on any atom is 0.317 e. The normalized spacial score (nSPS) is 15.6. The van der Waals surface area contributed by atoms with Crippen LogP contribution in [-0.4, -0.2) is 60.6 Å². The number of aryl methyl sites for hydroxylation is 1. The van der Waals surface area contributed by atoms with Crippen molar-refractivity contribution in [2.45, 2.75) is 39.7 Å². The average molecular weight is 347 g/mol. The lowest BCUT2D eigenvalue weighted by Crippen LogP contribution is -2.49. The van der Waals surface area contributed by atoms with Gasteiger partial charge in [0.05, 0.1) is 7.11 Å². The molecule has 6 heteroatoms. The summed E-state index contributed by atoms with van der Waals surface area (Å²) in [6.45, 7) is 10.2. The molecule has 1 aromatic carbocycles. The molecule has 0 aromatic heterocycles. The van der Waals surface area contributed by atoms with E-state index in [9.17, 15) is 9.59 Å². The molecule has 138 valence electrons. The van der Waals surface area contributed by atoms with Crippen molar-refractivity contribution in [2.75, 3.05) is 33.3 Å². The summed E-state index contributed by atoms with van der Waals surface area (Å²) in [5, 5.41) is 2.98. The van der Waals surface area contributed by atoms with Crippen molar-refractivity contribution in [3.8, 4) is 5.75 Å². The molecule has 2 rings (SSSR count). The number of methoxy groups -OCH3 is 1. The Balaban J connectivity index is 2.01. The second-order valence-electron chi connectivity index (χ2n) is 7.50. The molecular weight excluding hydrogens is 318 g/mol. The number of amides is 3. The van der Waals surface area contributed by atoms with Gasteiger partial charge in [-0.15, -0.1) is 0 Å². The Kier molecular flexibility index (Phi) is 5.93. The minimum absolute atomic E-state index is 0.00355. The topological polar surface area (TPSA) is 61.9 Å². The van der Waals surface area contributed by atoms with Crippen LogP contribution in [0, 0.1) is 6.92 Å². The summed E-state index contributed by atoms with van der Waals surface area (Å²) < 4.78 is 5.25. The van der Waals surface area contributed by atoms with Crippen LogP contribution in [0.1, 0.15) is 43.1 Å². The fraction of sp³-hybridized carbons (Fsp3) is 0.579.